The van der Waals surface area contributed by atoms with Gasteiger partial charge >= 0.3 is 0 Å². The highest BCUT2D eigenvalue weighted by Gasteiger charge is 2.14. The fraction of sp³-hybridized carbons (Fsp3) is 0.615. The minimum atomic E-state index is -0.112. The van der Waals surface area contributed by atoms with Crippen LogP contribution in [0.25, 0.3) is 0 Å². The van der Waals surface area contributed by atoms with E-state index in [1.54, 1.807) is 12.3 Å². The molecule has 0 bridgehead atoms. The lowest BCUT2D eigenvalue weighted by atomic mass is 10.0. The van der Waals surface area contributed by atoms with Gasteiger partial charge in [-0.1, -0.05) is 13.8 Å². The van der Waals surface area contributed by atoms with Crippen molar-refractivity contribution in [2.24, 2.45) is 5.92 Å². The quantitative estimate of drug-likeness (QED) is 0.833. The van der Waals surface area contributed by atoms with Gasteiger partial charge in [0.2, 0.25) is 0 Å². The van der Waals surface area contributed by atoms with Crippen LogP contribution in [0.2, 0.25) is 0 Å². The first-order valence-corrected chi connectivity index (χ1v) is 5.85. The smallest absolute Gasteiger partial charge is 0.287 e. The Morgan fingerprint density at radius 2 is 2.06 bits per heavy atom. The molecule has 0 aromatic carbocycles. The molecule has 90 valence electrons. The van der Waals surface area contributed by atoms with E-state index in [1.165, 1.54) is 0 Å². The molecular formula is C13H21NO2. The lowest BCUT2D eigenvalue weighted by Crippen LogP contribution is -2.32. The van der Waals surface area contributed by atoms with Gasteiger partial charge in [-0.05, 0) is 38.7 Å². The summed E-state index contributed by atoms with van der Waals surface area (Å²) in [5.41, 5.74) is 0.883. The van der Waals surface area contributed by atoms with Crippen LogP contribution in [0.5, 0.6) is 0 Å². The van der Waals surface area contributed by atoms with Gasteiger partial charge in [0.15, 0.2) is 5.76 Å². The first-order chi connectivity index (χ1) is 7.50. The largest absolute Gasteiger partial charge is 0.459 e. The predicted molar refractivity (Wildman–Crippen MR) is 64.4 cm³/mol. The second-order valence-corrected chi connectivity index (χ2v) is 4.78. The molecule has 0 saturated carbocycles. The van der Waals surface area contributed by atoms with E-state index < -0.39 is 0 Å². The van der Waals surface area contributed by atoms with Crippen molar-refractivity contribution in [1.82, 2.24) is 5.32 Å². The number of amides is 1. The maximum absolute atomic E-state index is 11.8. The lowest BCUT2D eigenvalue weighted by molar-refractivity contribution is 0.0908. The van der Waals surface area contributed by atoms with E-state index in [2.05, 4.69) is 19.2 Å². The highest BCUT2D eigenvalue weighted by atomic mass is 16.3. The summed E-state index contributed by atoms with van der Waals surface area (Å²) in [6.07, 6.45) is 3.67. The molecule has 0 radical (unpaired) electrons. The molecule has 1 amide bonds. The molecular weight excluding hydrogens is 202 g/mol. The Kier molecular flexibility index (Phi) is 4.59. The fourth-order valence-corrected chi connectivity index (χ4v) is 1.55. The van der Waals surface area contributed by atoms with Crippen LogP contribution >= 0.6 is 0 Å². The Bertz CT molecular complexity index is 341. The highest BCUT2D eigenvalue weighted by molar-refractivity contribution is 5.92. The van der Waals surface area contributed by atoms with Crippen molar-refractivity contribution < 1.29 is 9.21 Å². The average molecular weight is 223 g/mol. The van der Waals surface area contributed by atoms with Crippen LogP contribution < -0.4 is 5.32 Å². The summed E-state index contributed by atoms with van der Waals surface area (Å²) >= 11 is 0. The molecule has 1 aromatic rings. The Hall–Kier alpha value is -1.25. The number of aryl methyl sites for hydroxylation is 1. The van der Waals surface area contributed by atoms with Crippen LogP contribution in [0, 0.1) is 12.8 Å². The molecule has 1 rings (SSSR count). The summed E-state index contributed by atoms with van der Waals surface area (Å²) in [6, 6.07) is 1.99. The molecule has 1 N–H and O–H groups in total. The minimum absolute atomic E-state index is 0.112. The summed E-state index contributed by atoms with van der Waals surface area (Å²) in [5, 5.41) is 2.95. The zero-order valence-corrected chi connectivity index (χ0v) is 10.5. The Labute approximate surface area is 97.2 Å². The second kappa shape index (κ2) is 5.73. The van der Waals surface area contributed by atoms with Crippen LogP contribution in [0.4, 0.5) is 0 Å². The third-order valence-electron chi connectivity index (χ3n) is 2.62. The molecule has 0 saturated heterocycles. The van der Waals surface area contributed by atoms with Gasteiger partial charge in [-0.25, -0.2) is 0 Å². The monoisotopic (exact) mass is 223 g/mol. The van der Waals surface area contributed by atoms with E-state index in [1.807, 2.05) is 13.8 Å². The highest BCUT2D eigenvalue weighted by Crippen LogP contribution is 2.10. The van der Waals surface area contributed by atoms with Crippen molar-refractivity contribution >= 4 is 5.91 Å². The third kappa shape index (κ3) is 3.72. The maximum Gasteiger partial charge on any atom is 0.287 e. The van der Waals surface area contributed by atoms with E-state index in [-0.39, 0.29) is 11.9 Å². The number of nitrogens with one attached hydrogen (secondary N) is 1. The van der Waals surface area contributed by atoms with Gasteiger partial charge in [-0.3, -0.25) is 4.79 Å². The zero-order chi connectivity index (χ0) is 12.1. The maximum atomic E-state index is 11.8. The van der Waals surface area contributed by atoms with Crippen LogP contribution in [0.1, 0.15) is 49.7 Å². The van der Waals surface area contributed by atoms with Crippen molar-refractivity contribution in [3.8, 4) is 0 Å². The molecule has 0 spiro atoms. The van der Waals surface area contributed by atoms with Crippen LogP contribution in [-0.4, -0.2) is 11.9 Å². The zero-order valence-electron chi connectivity index (χ0n) is 10.5. The molecule has 0 aliphatic carbocycles. The summed E-state index contributed by atoms with van der Waals surface area (Å²) in [4.78, 5) is 11.8. The van der Waals surface area contributed by atoms with Crippen molar-refractivity contribution in [2.75, 3.05) is 0 Å². The van der Waals surface area contributed by atoms with E-state index in [9.17, 15) is 4.79 Å². The number of rotatable bonds is 5. The standard InChI is InChI=1S/C13H21NO2/c1-9(2)5-6-11(4)14-13(15)12-10(3)7-8-16-12/h7-9,11H,5-6H2,1-4H3,(H,14,15). The molecule has 1 heterocycles. The molecule has 1 aromatic heterocycles. The average Bonchev–Trinajstić information content (AvgIpc) is 2.61. The van der Waals surface area contributed by atoms with Gasteiger partial charge in [0.1, 0.15) is 0 Å². The number of hydrogen-bond donors (Lipinski definition) is 1. The molecule has 3 heteroatoms. The fourth-order valence-electron chi connectivity index (χ4n) is 1.55. The number of hydrogen-bond acceptors (Lipinski definition) is 2. The first kappa shape index (κ1) is 12.8. The molecule has 0 aliphatic rings. The van der Waals surface area contributed by atoms with Crippen LogP contribution in [-0.2, 0) is 0 Å². The van der Waals surface area contributed by atoms with E-state index in [0.717, 1.165) is 18.4 Å². The topological polar surface area (TPSA) is 42.2 Å². The first-order valence-electron chi connectivity index (χ1n) is 5.85. The number of carbonyl (C=O) groups is 1. The van der Waals surface area contributed by atoms with Crippen molar-refractivity contribution in [3.05, 3.63) is 23.7 Å². The summed E-state index contributed by atoms with van der Waals surface area (Å²) in [5.74, 6) is 0.986. The van der Waals surface area contributed by atoms with Crippen molar-refractivity contribution in [2.45, 2.75) is 46.6 Å². The summed E-state index contributed by atoms with van der Waals surface area (Å²) in [7, 11) is 0. The van der Waals surface area contributed by atoms with Gasteiger partial charge in [0.25, 0.3) is 5.91 Å². The Morgan fingerprint density at radius 3 is 2.56 bits per heavy atom. The van der Waals surface area contributed by atoms with E-state index >= 15 is 0 Å². The molecule has 1 atom stereocenters. The van der Waals surface area contributed by atoms with Gasteiger partial charge in [0.05, 0.1) is 6.26 Å². The molecule has 3 nitrogen and oxygen atoms in total. The summed E-state index contributed by atoms with van der Waals surface area (Å²) < 4.78 is 5.14. The third-order valence-corrected chi connectivity index (χ3v) is 2.62. The second-order valence-electron chi connectivity index (χ2n) is 4.78. The minimum Gasteiger partial charge on any atom is -0.459 e. The van der Waals surface area contributed by atoms with Crippen molar-refractivity contribution in [1.29, 1.82) is 0 Å². The molecule has 0 fully saturated rings. The normalized spacial score (nSPS) is 12.8. The Balaban J connectivity index is 2.43. The molecule has 16 heavy (non-hydrogen) atoms. The van der Waals surface area contributed by atoms with Crippen LogP contribution in [0.3, 0.4) is 0 Å². The number of carbonyl (C=O) groups excluding carboxylic acids is 1. The Morgan fingerprint density at radius 1 is 1.38 bits per heavy atom. The lowest BCUT2D eigenvalue weighted by Gasteiger charge is -2.14. The molecule has 0 aliphatic heterocycles. The van der Waals surface area contributed by atoms with Gasteiger partial charge in [0, 0.05) is 11.6 Å². The van der Waals surface area contributed by atoms with E-state index in [4.69, 9.17) is 4.42 Å². The summed E-state index contributed by atoms with van der Waals surface area (Å²) in [6.45, 7) is 8.27. The number of furan rings is 1. The van der Waals surface area contributed by atoms with Crippen LogP contribution in [0.15, 0.2) is 16.7 Å². The predicted octanol–water partition coefficient (Wildman–Crippen LogP) is 3.14. The van der Waals surface area contributed by atoms with Gasteiger partial charge in [-0.15, -0.1) is 0 Å². The van der Waals surface area contributed by atoms with Gasteiger partial charge < -0.3 is 9.73 Å². The molecule has 1 unspecified atom stereocenters. The van der Waals surface area contributed by atoms with Gasteiger partial charge in [-0.2, -0.15) is 0 Å². The van der Waals surface area contributed by atoms with Crippen molar-refractivity contribution in [3.63, 3.8) is 0 Å². The van der Waals surface area contributed by atoms with E-state index in [0.29, 0.717) is 11.7 Å². The SMILES string of the molecule is Cc1ccoc1C(=O)NC(C)CCC(C)C.